The van der Waals surface area contributed by atoms with Crippen molar-refractivity contribution in [2.45, 2.75) is 13.8 Å². The van der Waals surface area contributed by atoms with Crippen LogP contribution in [-0.2, 0) is 0 Å². The Morgan fingerprint density at radius 2 is 1.82 bits per heavy atom. The number of hydrogen-bond acceptors (Lipinski definition) is 3. The molecule has 88 valence electrons. The van der Waals surface area contributed by atoms with Gasteiger partial charge in [0.2, 0.25) is 0 Å². The first kappa shape index (κ1) is 11.5. The summed E-state index contributed by atoms with van der Waals surface area (Å²) in [4.78, 5) is 4.28. The van der Waals surface area contributed by atoms with Crippen molar-refractivity contribution in [3.63, 3.8) is 0 Å². The molecule has 0 atom stereocenters. The lowest BCUT2D eigenvalue weighted by Gasteiger charge is -2.11. The van der Waals surface area contributed by atoms with Gasteiger partial charge in [0.05, 0.1) is 7.11 Å². The molecule has 0 unspecified atom stereocenters. The largest absolute Gasteiger partial charge is 0.496 e. The predicted molar refractivity (Wildman–Crippen MR) is 70.1 cm³/mol. The van der Waals surface area contributed by atoms with Gasteiger partial charge in [0.1, 0.15) is 11.6 Å². The number of aryl methyl sites for hydroxylation is 2. The van der Waals surface area contributed by atoms with E-state index < -0.39 is 0 Å². The summed E-state index contributed by atoms with van der Waals surface area (Å²) in [5.41, 5.74) is 9.87. The molecule has 0 aliphatic rings. The highest BCUT2D eigenvalue weighted by atomic mass is 16.5. The van der Waals surface area contributed by atoms with Crippen LogP contribution in [0.25, 0.3) is 11.1 Å². The predicted octanol–water partition coefficient (Wildman–Crippen LogP) is 2.96. The van der Waals surface area contributed by atoms with E-state index in [0.29, 0.717) is 5.82 Å². The first-order valence-electron chi connectivity index (χ1n) is 5.50. The molecule has 1 aromatic carbocycles. The Kier molecular flexibility index (Phi) is 3.00. The van der Waals surface area contributed by atoms with Crippen LogP contribution in [0.5, 0.6) is 5.75 Å². The number of nitrogen functional groups attached to an aromatic ring is 1. The van der Waals surface area contributed by atoms with Gasteiger partial charge in [-0.05, 0) is 38.1 Å². The number of aromatic nitrogens is 1. The first-order valence-corrected chi connectivity index (χ1v) is 5.50. The van der Waals surface area contributed by atoms with Gasteiger partial charge in [-0.1, -0.05) is 11.6 Å². The molecular weight excluding hydrogens is 212 g/mol. The summed E-state index contributed by atoms with van der Waals surface area (Å²) >= 11 is 0. The number of ether oxygens (including phenoxy) is 1. The fraction of sp³-hybridized carbons (Fsp3) is 0.214. The molecule has 0 aliphatic carbocycles. The second kappa shape index (κ2) is 4.45. The zero-order valence-electron chi connectivity index (χ0n) is 10.3. The molecule has 1 heterocycles. The molecule has 3 nitrogen and oxygen atoms in total. The number of hydrogen-bond donors (Lipinski definition) is 1. The lowest BCUT2D eigenvalue weighted by molar-refractivity contribution is 0.416. The number of pyridine rings is 1. The number of anilines is 1. The minimum atomic E-state index is 0.540. The molecule has 2 aromatic rings. The van der Waals surface area contributed by atoms with Crippen LogP contribution in [0.15, 0.2) is 30.3 Å². The standard InChI is InChI=1S/C14H16N2O/c1-9-4-6-13(17-3)12(8-9)11-5-7-14(15)16-10(11)2/h4-8H,1-3H3,(H2,15,16). The lowest BCUT2D eigenvalue weighted by Crippen LogP contribution is -1.96. The lowest BCUT2D eigenvalue weighted by atomic mass is 10.0. The smallest absolute Gasteiger partial charge is 0.126 e. The average molecular weight is 228 g/mol. The van der Waals surface area contributed by atoms with Crippen LogP contribution < -0.4 is 10.5 Å². The Morgan fingerprint density at radius 1 is 1.06 bits per heavy atom. The summed E-state index contributed by atoms with van der Waals surface area (Å²) in [5.74, 6) is 1.39. The molecule has 3 heteroatoms. The third-order valence-corrected chi connectivity index (χ3v) is 2.75. The van der Waals surface area contributed by atoms with E-state index in [4.69, 9.17) is 10.5 Å². The summed E-state index contributed by atoms with van der Waals surface area (Å²) in [6.07, 6.45) is 0. The van der Waals surface area contributed by atoms with Crippen LogP contribution in [0, 0.1) is 13.8 Å². The normalized spacial score (nSPS) is 10.3. The second-order valence-corrected chi connectivity index (χ2v) is 4.07. The Balaban J connectivity index is 2.62. The van der Waals surface area contributed by atoms with Gasteiger partial charge in [0, 0.05) is 16.8 Å². The van der Waals surface area contributed by atoms with E-state index in [9.17, 15) is 0 Å². The highest BCUT2D eigenvalue weighted by molar-refractivity contribution is 5.73. The SMILES string of the molecule is COc1ccc(C)cc1-c1ccc(N)nc1C. The maximum Gasteiger partial charge on any atom is 0.126 e. The van der Waals surface area contributed by atoms with Gasteiger partial charge in [0.25, 0.3) is 0 Å². The van der Waals surface area contributed by atoms with Crippen LogP contribution in [-0.4, -0.2) is 12.1 Å². The maximum atomic E-state index is 5.66. The molecule has 0 spiro atoms. The van der Waals surface area contributed by atoms with Crippen molar-refractivity contribution in [3.05, 3.63) is 41.6 Å². The van der Waals surface area contributed by atoms with Crippen LogP contribution in [0.1, 0.15) is 11.3 Å². The van der Waals surface area contributed by atoms with E-state index in [-0.39, 0.29) is 0 Å². The van der Waals surface area contributed by atoms with Gasteiger partial charge in [0.15, 0.2) is 0 Å². The highest BCUT2D eigenvalue weighted by Gasteiger charge is 2.09. The Morgan fingerprint density at radius 3 is 2.47 bits per heavy atom. The van der Waals surface area contributed by atoms with Gasteiger partial charge >= 0.3 is 0 Å². The van der Waals surface area contributed by atoms with Crippen molar-refractivity contribution < 1.29 is 4.74 Å². The molecule has 0 fully saturated rings. The fourth-order valence-corrected chi connectivity index (χ4v) is 1.90. The van der Waals surface area contributed by atoms with E-state index in [1.54, 1.807) is 7.11 Å². The highest BCUT2D eigenvalue weighted by Crippen LogP contribution is 2.32. The molecular formula is C14H16N2O. The monoisotopic (exact) mass is 228 g/mol. The zero-order valence-corrected chi connectivity index (χ0v) is 10.3. The van der Waals surface area contributed by atoms with Crippen molar-refractivity contribution in [3.8, 4) is 16.9 Å². The Hall–Kier alpha value is -2.03. The Labute approximate surface area is 101 Å². The second-order valence-electron chi connectivity index (χ2n) is 4.07. The molecule has 1 aromatic heterocycles. The molecule has 0 saturated carbocycles. The van der Waals surface area contributed by atoms with Crippen LogP contribution in [0.4, 0.5) is 5.82 Å². The van der Waals surface area contributed by atoms with E-state index in [2.05, 4.69) is 18.0 Å². The number of nitrogens with two attached hydrogens (primary N) is 1. The van der Waals surface area contributed by atoms with Gasteiger partial charge < -0.3 is 10.5 Å². The number of benzene rings is 1. The summed E-state index contributed by atoms with van der Waals surface area (Å²) < 4.78 is 5.38. The molecule has 0 amide bonds. The molecule has 0 saturated heterocycles. The molecule has 0 aliphatic heterocycles. The summed E-state index contributed by atoms with van der Waals surface area (Å²) in [6.45, 7) is 4.01. The molecule has 17 heavy (non-hydrogen) atoms. The third kappa shape index (κ3) is 2.23. The van der Waals surface area contributed by atoms with Crippen molar-refractivity contribution in [1.29, 1.82) is 0 Å². The van der Waals surface area contributed by atoms with Gasteiger partial charge in [-0.15, -0.1) is 0 Å². The summed E-state index contributed by atoms with van der Waals surface area (Å²) in [5, 5.41) is 0. The summed E-state index contributed by atoms with van der Waals surface area (Å²) in [6, 6.07) is 9.89. The molecule has 2 N–H and O–H groups in total. The average Bonchev–Trinajstić information content (AvgIpc) is 2.29. The first-order chi connectivity index (χ1) is 8.11. The molecule has 2 rings (SSSR count). The number of rotatable bonds is 2. The third-order valence-electron chi connectivity index (χ3n) is 2.75. The number of methoxy groups -OCH3 is 1. The van der Waals surface area contributed by atoms with Gasteiger partial charge in [-0.2, -0.15) is 0 Å². The minimum absolute atomic E-state index is 0.540. The van der Waals surface area contributed by atoms with Crippen molar-refractivity contribution >= 4 is 5.82 Å². The fourth-order valence-electron chi connectivity index (χ4n) is 1.90. The van der Waals surface area contributed by atoms with Crippen molar-refractivity contribution in [2.24, 2.45) is 0 Å². The maximum absolute atomic E-state index is 5.66. The van der Waals surface area contributed by atoms with Gasteiger partial charge in [-0.25, -0.2) is 4.98 Å². The van der Waals surface area contributed by atoms with E-state index >= 15 is 0 Å². The van der Waals surface area contributed by atoms with Crippen molar-refractivity contribution in [2.75, 3.05) is 12.8 Å². The Bertz CT molecular complexity index is 550. The molecule has 0 bridgehead atoms. The van der Waals surface area contributed by atoms with Crippen LogP contribution in [0.2, 0.25) is 0 Å². The van der Waals surface area contributed by atoms with Crippen molar-refractivity contribution in [1.82, 2.24) is 4.98 Å². The minimum Gasteiger partial charge on any atom is -0.496 e. The molecule has 0 radical (unpaired) electrons. The van der Waals surface area contributed by atoms with Crippen LogP contribution >= 0.6 is 0 Å². The number of nitrogens with zero attached hydrogens (tertiary/aromatic N) is 1. The van der Waals surface area contributed by atoms with Crippen LogP contribution in [0.3, 0.4) is 0 Å². The topological polar surface area (TPSA) is 48.1 Å². The quantitative estimate of drug-likeness (QED) is 0.859. The zero-order chi connectivity index (χ0) is 12.4. The van der Waals surface area contributed by atoms with Gasteiger partial charge in [-0.3, -0.25) is 0 Å². The van der Waals surface area contributed by atoms with E-state index in [1.807, 2.05) is 31.2 Å². The summed E-state index contributed by atoms with van der Waals surface area (Å²) in [7, 11) is 1.67. The van der Waals surface area contributed by atoms with E-state index in [1.165, 1.54) is 5.56 Å². The van der Waals surface area contributed by atoms with E-state index in [0.717, 1.165) is 22.6 Å².